The van der Waals surface area contributed by atoms with Crippen molar-refractivity contribution in [2.75, 3.05) is 11.9 Å². The Balaban J connectivity index is 1.30. The van der Waals surface area contributed by atoms with Crippen LogP contribution >= 0.6 is 0 Å². The average molecular weight is 374 g/mol. The second kappa shape index (κ2) is 7.16. The first kappa shape index (κ1) is 17.1. The lowest BCUT2D eigenvalue weighted by molar-refractivity contribution is -0.121. The van der Waals surface area contributed by atoms with Gasteiger partial charge in [-0.3, -0.25) is 9.69 Å². The van der Waals surface area contributed by atoms with Crippen LogP contribution in [-0.4, -0.2) is 49.6 Å². The Morgan fingerprint density at radius 3 is 2.64 bits per heavy atom. The largest absolute Gasteiger partial charge is 0.325 e. The van der Waals surface area contributed by atoms with E-state index >= 15 is 0 Å². The first-order valence-corrected chi connectivity index (χ1v) is 9.75. The number of nitrogens with one attached hydrogen (secondary N) is 1. The van der Waals surface area contributed by atoms with E-state index in [1.54, 1.807) is 4.68 Å². The SMILES string of the molecule is O=C(Nc1cccc(-n2cnnn2)c1)C1CCCN1C1Cc2ccccc2C1. The van der Waals surface area contributed by atoms with E-state index in [9.17, 15) is 4.79 Å². The van der Waals surface area contributed by atoms with Gasteiger partial charge in [-0.2, -0.15) is 0 Å². The molecule has 142 valence electrons. The Bertz CT molecular complexity index is 961. The molecule has 2 heterocycles. The molecule has 2 aliphatic rings. The molecule has 2 aromatic carbocycles. The molecule has 28 heavy (non-hydrogen) atoms. The lowest BCUT2D eigenvalue weighted by Crippen LogP contribution is -2.45. The van der Waals surface area contributed by atoms with Crippen LogP contribution in [0, 0.1) is 0 Å². The third-order valence-corrected chi connectivity index (χ3v) is 5.82. The van der Waals surface area contributed by atoms with Crippen molar-refractivity contribution in [2.45, 2.75) is 37.8 Å². The number of hydrogen-bond acceptors (Lipinski definition) is 5. The molecule has 1 aromatic heterocycles. The smallest absolute Gasteiger partial charge is 0.241 e. The number of fused-ring (bicyclic) bond motifs is 1. The zero-order chi connectivity index (χ0) is 18.9. The summed E-state index contributed by atoms with van der Waals surface area (Å²) in [5.41, 5.74) is 4.43. The molecule has 5 rings (SSSR count). The van der Waals surface area contributed by atoms with E-state index in [1.807, 2.05) is 24.3 Å². The number of likely N-dealkylation sites (tertiary alicyclic amines) is 1. The first-order valence-electron chi connectivity index (χ1n) is 9.75. The predicted octanol–water partition coefficient (Wildman–Crippen LogP) is 2.23. The fourth-order valence-electron chi connectivity index (χ4n) is 4.51. The molecule has 1 N–H and O–H groups in total. The maximum Gasteiger partial charge on any atom is 0.241 e. The van der Waals surface area contributed by atoms with Crippen molar-refractivity contribution in [1.29, 1.82) is 0 Å². The number of hydrogen-bond donors (Lipinski definition) is 1. The summed E-state index contributed by atoms with van der Waals surface area (Å²) in [5, 5.41) is 14.3. The van der Waals surface area contributed by atoms with Gasteiger partial charge in [-0.1, -0.05) is 30.3 Å². The van der Waals surface area contributed by atoms with E-state index in [4.69, 9.17) is 0 Å². The van der Waals surface area contributed by atoms with E-state index < -0.39 is 0 Å². The van der Waals surface area contributed by atoms with Gasteiger partial charge < -0.3 is 5.32 Å². The van der Waals surface area contributed by atoms with Crippen LogP contribution in [-0.2, 0) is 17.6 Å². The van der Waals surface area contributed by atoms with Crippen LogP contribution in [0.15, 0.2) is 54.9 Å². The Morgan fingerprint density at radius 1 is 1.07 bits per heavy atom. The highest BCUT2D eigenvalue weighted by atomic mass is 16.2. The minimum absolute atomic E-state index is 0.0716. The minimum Gasteiger partial charge on any atom is -0.325 e. The molecular formula is C21H22N6O. The molecule has 0 saturated carbocycles. The fourth-order valence-corrected chi connectivity index (χ4v) is 4.51. The number of benzene rings is 2. The maximum absolute atomic E-state index is 13.1. The number of aromatic nitrogens is 4. The van der Waals surface area contributed by atoms with Crippen molar-refractivity contribution in [3.05, 3.63) is 66.0 Å². The summed E-state index contributed by atoms with van der Waals surface area (Å²) in [6.07, 6.45) is 5.59. The summed E-state index contributed by atoms with van der Waals surface area (Å²) in [7, 11) is 0. The van der Waals surface area contributed by atoms with Crippen molar-refractivity contribution < 1.29 is 4.79 Å². The van der Waals surface area contributed by atoms with Gasteiger partial charge in [0.05, 0.1) is 11.7 Å². The van der Waals surface area contributed by atoms with E-state index in [1.165, 1.54) is 17.5 Å². The zero-order valence-electron chi connectivity index (χ0n) is 15.5. The van der Waals surface area contributed by atoms with Gasteiger partial charge in [-0.25, -0.2) is 4.68 Å². The van der Waals surface area contributed by atoms with Crippen LogP contribution in [0.5, 0.6) is 0 Å². The van der Waals surface area contributed by atoms with Crippen molar-refractivity contribution in [2.24, 2.45) is 0 Å². The number of amides is 1. The maximum atomic E-state index is 13.1. The van der Waals surface area contributed by atoms with Crippen molar-refractivity contribution in [3.8, 4) is 5.69 Å². The van der Waals surface area contributed by atoms with E-state index in [-0.39, 0.29) is 11.9 Å². The summed E-state index contributed by atoms with van der Waals surface area (Å²) in [6.45, 7) is 0.988. The Kier molecular flexibility index (Phi) is 4.37. The summed E-state index contributed by atoms with van der Waals surface area (Å²) in [5.74, 6) is 0.0716. The normalized spacial score (nSPS) is 19.6. The number of anilines is 1. The van der Waals surface area contributed by atoms with Crippen LogP contribution in [0.1, 0.15) is 24.0 Å². The molecule has 1 unspecified atom stereocenters. The Morgan fingerprint density at radius 2 is 1.89 bits per heavy atom. The van der Waals surface area contributed by atoms with Gasteiger partial charge in [-0.05, 0) is 72.0 Å². The van der Waals surface area contributed by atoms with Gasteiger partial charge in [0.25, 0.3) is 0 Å². The van der Waals surface area contributed by atoms with Gasteiger partial charge in [0.15, 0.2) is 0 Å². The van der Waals surface area contributed by atoms with Gasteiger partial charge >= 0.3 is 0 Å². The van der Waals surface area contributed by atoms with E-state index in [2.05, 4.69) is 50.0 Å². The zero-order valence-corrected chi connectivity index (χ0v) is 15.5. The number of nitrogens with zero attached hydrogens (tertiary/aromatic N) is 5. The van der Waals surface area contributed by atoms with E-state index in [0.717, 1.165) is 43.6 Å². The number of carbonyl (C=O) groups is 1. The Labute approximate surface area is 163 Å². The summed E-state index contributed by atoms with van der Waals surface area (Å²) in [6, 6.07) is 16.6. The molecule has 1 aliphatic carbocycles. The molecule has 1 atom stereocenters. The monoisotopic (exact) mass is 374 g/mol. The van der Waals surface area contributed by atoms with Crippen molar-refractivity contribution >= 4 is 11.6 Å². The lowest BCUT2D eigenvalue weighted by atomic mass is 10.1. The molecule has 1 aliphatic heterocycles. The highest BCUT2D eigenvalue weighted by Crippen LogP contribution is 2.31. The molecule has 1 saturated heterocycles. The van der Waals surface area contributed by atoms with Crippen molar-refractivity contribution in [1.82, 2.24) is 25.1 Å². The van der Waals surface area contributed by atoms with Gasteiger partial charge in [0.2, 0.25) is 5.91 Å². The third kappa shape index (κ3) is 3.18. The molecule has 7 heteroatoms. The summed E-state index contributed by atoms with van der Waals surface area (Å²) < 4.78 is 1.58. The number of carbonyl (C=O) groups excluding carboxylic acids is 1. The van der Waals surface area contributed by atoms with Crippen molar-refractivity contribution in [3.63, 3.8) is 0 Å². The van der Waals surface area contributed by atoms with Crippen LogP contribution in [0.4, 0.5) is 5.69 Å². The van der Waals surface area contributed by atoms with Crippen LogP contribution in [0.2, 0.25) is 0 Å². The van der Waals surface area contributed by atoms with Gasteiger partial charge in [0, 0.05) is 11.7 Å². The van der Waals surface area contributed by atoms with Gasteiger partial charge in [-0.15, -0.1) is 5.10 Å². The molecule has 1 fully saturated rings. The third-order valence-electron chi connectivity index (χ3n) is 5.82. The number of rotatable bonds is 4. The van der Waals surface area contributed by atoms with Crippen LogP contribution in [0.25, 0.3) is 5.69 Å². The van der Waals surface area contributed by atoms with Crippen LogP contribution in [0.3, 0.4) is 0 Å². The number of tetrazole rings is 1. The molecule has 0 bridgehead atoms. The molecule has 3 aromatic rings. The second-order valence-corrected chi connectivity index (χ2v) is 7.52. The predicted molar refractivity (Wildman–Crippen MR) is 105 cm³/mol. The topological polar surface area (TPSA) is 75.9 Å². The minimum atomic E-state index is -0.0731. The summed E-state index contributed by atoms with van der Waals surface area (Å²) >= 11 is 0. The summed E-state index contributed by atoms with van der Waals surface area (Å²) in [4.78, 5) is 15.5. The van der Waals surface area contributed by atoms with Gasteiger partial charge in [0.1, 0.15) is 6.33 Å². The molecule has 1 amide bonds. The molecular weight excluding hydrogens is 352 g/mol. The second-order valence-electron chi connectivity index (χ2n) is 7.52. The molecule has 7 nitrogen and oxygen atoms in total. The average Bonchev–Trinajstić information content (AvgIpc) is 3.48. The highest BCUT2D eigenvalue weighted by Gasteiger charge is 2.37. The lowest BCUT2D eigenvalue weighted by Gasteiger charge is -2.29. The first-order chi connectivity index (χ1) is 13.8. The Hall–Kier alpha value is -3.06. The van der Waals surface area contributed by atoms with E-state index in [0.29, 0.717) is 6.04 Å². The quantitative estimate of drug-likeness (QED) is 0.758. The standard InChI is InChI=1S/C21H22N6O/c28-21(23-17-7-3-8-18(13-17)27-14-22-24-25-27)20-9-4-10-26(20)19-11-15-5-1-2-6-16(15)12-19/h1-3,5-8,13-14,19-20H,4,9-12H2,(H,23,28). The fraction of sp³-hybridized carbons (Fsp3) is 0.333. The van der Waals surface area contributed by atoms with Crippen LogP contribution < -0.4 is 5.32 Å². The highest BCUT2D eigenvalue weighted by molar-refractivity contribution is 5.95. The molecule has 0 radical (unpaired) electrons. The molecule has 0 spiro atoms.